The first-order valence-electron chi connectivity index (χ1n) is 8.36. The SMILES string of the molecule is COc1cnc(C(=O)CC(C)C2CCN(C(=O)[C@H](C)N)CC2)cn1. The Balaban J connectivity index is 1.85. The second-order valence-corrected chi connectivity index (χ2v) is 6.50. The van der Waals surface area contributed by atoms with Gasteiger partial charge in [-0.3, -0.25) is 9.59 Å². The molecule has 2 atom stereocenters. The summed E-state index contributed by atoms with van der Waals surface area (Å²) in [6.07, 6.45) is 5.16. The maximum absolute atomic E-state index is 12.3. The smallest absolute Gasteiger partial charge is 0.239 e. The molecule has 2 heterocycles. The molecule has 2 N–H and O–H groups in total. The predicted octanol–water partition coefficient (Wildman–Crippen LogP) is 1.28. The summed E-state index contributed by atoms with van der Waals surface area (Å²) in [5, 5.41) is 0. The number of carbonyl (C=O) groups excluding carboxylic acids is 2. The number of ether oxygens (including phenoxy) is 1. The minimum absolute atomic E-state index is 0.00527. The molecule has 132 valence electrons. The van der Waals surface area contributed by atoms with Crippen LogP contribution in [0.25, 0.3) is 0 Å². The normalized spacial score (nSPS) is 18.1. The van der Waals surface area contributed by atoms with Gasteiger partial charge in [-0.2, -0.15) is 0 Å². The van der Waals surface area contributed by atoms with Gasteiger partial charge in [0, 0.05) is 19.5 Å². The molecule has 2 rings (SSSR count). The Morgan fingerprint density at radius 3 is 2.46 bits per heavy atom. The van der Waals surface area contributed by atoms with Crippen molar-refractivity contribution in [3.8, 4) is 5.88 Å². The minimum Gasteiger partial charge on any atom is -0.480 e. The van der Waals surface area contributed by atoms with Crippen LogP contribution >= 0.6 is 0 Å². The molecule has 1 unspecified atom stereocenters. The largest absolute Gasteiger partial charge is 0.480 e. The van der Waals surface area contributed by atoms with Gasteiger partial charge in [0.1, 0.15) is 5.69 Å². The summed E-state index contributed by atoms with van der Waals surface area (Å²) in [5.41, 5.74) is 6.02. The van der Waals surface area contributed by atoms with Gasteiger partial charge in [0.25, 0.3) is 0 Å². The van der Waals surface area contributed by atoms with Crippen LogP contribution in [0.1, 0.15) is 43.6 Å². The second-order valence-electron chi connectivity index (χ2n) is 6.50. The van der Waals surface area contributed by atoms with Crippen LogP contribution in [-0.4, -0.2) is 52.8 Å². The lowest BCUT2D eigenvalue weighted by molar-refractivity contribution is -0.133. The Hall–Kier alpha value is -2.02. The molecule has 0 bridgehead atoms. The number of piperidine rings is 1. The highest BCUT2D eigenvalue weighted by molar-refractivity contribution is 5.94. The summed E-state index contributed by atoms with van der Waals surface area (Å²) in [6, 6.07) is -0.450. The van der Waals surface area contributed by atoms with Crippen molar-refractivity contribution < 1.29 is 14.3 Å². The van der Waals surface area contributed by atoms with Crippen molar-refractivity contribution in [3.05, 3.63) is 18.1 Å². The summed E-state index contributed by atoms with van der Waals surface area (Å²) in [6.45, 7) is 5.23. The van der Waals surface area contributed by atoms with Crippen molar-refractivity contribution in [2.75, 3.05) is 20.2 Å². The molecule has 0 aliphatic carbocycles. The Morgan fingerprint density at radius 2 is 1.96 bits per heavy atom. The van der Waals surface area contributed by atoms with Crippen LogP contribution < -0.4 is 10.5 Å². The molecule has 0 saturated carbocycles. The van der Waals surface area contributed by atoms with Crippen molar-refractivity contribution in [3.63, 3.8) is 0 Å². The third kappa shape index (κ3) is 4.50. The Morgan fingerprint density at radius 1 is 1.29 bits per heavy atom. The fourth-order valence-electron chi connectivity index (χ4n) is 3.11. The number of hydrogen-bond donors (Lipinski definition) is 1. The first-order valence-corrected chi connectivity index (χ1v) is 8.36. The molecule has 0 spiro atoms. The molecule has 1 amide bonds. The van der Waals surface area contributed by atoms with E-state index in [4.69, 9.17) is 10.5 Å². The molecule has 0 aromatic carbocycles. The molecule has 1 aliphatic rings. The second kappa shape index (κ2) is 8.19. The van der Waals surface area contributed by atoms with E-state index in [1.165, 1.54) is 19.5 Å². The van der Waals surface area contributed by atoms with Crippen LogP contribution in [0.15, 0.2) is 12.4 Å². The quantitative estimate of drug-likeness (QED) is 0.787. The van der Waals surface area contributed by atoms with Crippen LogP contribution in [0.5, 0.6) is 5.88 Å². The Kier molecular flexibility index (Phi) is 6.25. The molecule has 1 aromatic rings. The number of nitrogens with zero attached hydrogens (tertiary/aromatic N) is 3. The van der Waals surface area contributed by atoms with Gasteiger partial charge in [-0.1, -0.05) is 6.92 Å². The summed E-state index contributed by atoms with van der Waals surface area (Å²) < 4.78 is 4.95. The van der Waals surface area contributed by atoms with Gasteiger partial charge in [0.05, 0.1) is 25.5 Å². The van der Waals surface area contributed by atoms with E-state index in [1.807, 2.05) is 4.90 Å². The fraction of sp³-hybridized carbons (Fsp3) is 0.647. The van der Waals surface area contributed by atoms with Crippen molar-refractivity contribution in [1.82, 2.24) is 14.9 Å². The van der Waals surface area contributed by atoms with Crippen LogP contribution in [0.4, 0.5) is 0 Å². The molecule has 1 aromatic heterocycles. The molecule has 24 heavy (non-hydrogen) atoms. The average molecular weight is 334 g/mol. The van der Waals surface area contributed by atoms with E-state index >= 15 is 0 Å². The molecule has 7 nitrogen and oxygen atoms in total. The predicted molar refractivity (Wildman–Crippen MR) is 89.6 cm³/mol. The first-order chi connectivity index (χ1) is 11.4. The number of aromatic nitrogens is 2. The van der Waals surface area contributed by atoms with Crippen molar-refractivity contribution in [2.45, 2.75) is 39.2 Å². The van der Waals surface area contributed by atoms with Gasteiger partial charge in [-0.05, 0) is 31.6 Å². The topological polar surface area (TPSA) is 98.4 Å². The van der Waals surface area contributed by atoms with Crippen LogP contribution in [0.3, 0.4) is 0 Å². The van der Waals surface area contributed by atoms with E-state index < -0.39 is 6.04 Å². The summed E-state index contributed by atoms with van der Waals surface area (Å²) in [4.78, 5) is 34.2. The lowest BCUT2D eigenvalue weighted by Gasteiger charge is -2.35. The maximum Gasteiger partial charge on any atom is 0.239 e. The van der Waals surface area contributed by atoms with E-state index in [0.717, 1.165) is 12.8 Å². The Labute approximate surface area is 142 Å². The number of ketones is 1. The van der Waals surface area contributed by atoms with Crippen molar-refractivity contribution >= 4 is 11.7 Å². The van der Waals surface area contributed by atoms with Gasteiger partial charge >= 0.3 is 0 Å². The van der Waals surface area contributed by atoms with Crippen molar-refractivity contribution in [2.24, 2.45) is 17.6 Å². The van der Waals surface area contributed by atoms with E-state index in [1.54, 1.807) is 6.92 Å². The van der Waals surface area contributed by atoms with Crippen LogP contribution in [-0.2, 0) is 4.79 Å². The highest BCUT2D eigenvalue weighted by Gasteiger charge is 2.28. The zero-order valence-corrected chi connectivity index (χ0v) is 14.6. The number of rotatable bonds is 6. The lowest BCUT2D eigenvalue weighted by atomic mass is 9.82. The maximum atomic E-state index is 12.3. The monoisotopic (exact) mass is 334 g/mol. The molecule has 7 heteroatoms. The number of hydrogen-bond acceptors (Lipinski definition) is 6. The number of Topliss-reactive ketones (excluding diaryl/α,β-unsaturated/α-hetero) is 1. The van der Waals surface area contributed by atoms with Gasteiger partial charge in [-0.15, -0.1) is 0 Å². The van der Waals surface area contributed by atoms with Gasteiger partial charge in [0.2, 0.25) is 11.8 Å². The highest BCUT2D eigenvalue weighted by Crippen LogP contribution is 2.28. The highest BCUT2D eigenvalue weighted by atomic mass is 16.5. The first kappa shape index (κ1) is 18.3. The molecular formula is C17H26N4O3. The van der Waals surface area contributed by atoms with Crippen molar-refractivity contribution in [1.29, 1.82) is 0 Å². The minimum atomic E-state index is -0.450. The van der Waals surface area contributed by atoms with Crippen LogP contribution in [0.2, 0.25) is 0 Å². The van der Waals surface area contributed by atoms with Gasteiger partial charge in [-0.25, -0.2) is 9.97 Å². The van der Waals surface area contributed by atoms with Crippen LogP contribution in [0, 0.1) is 11.8 Å². The number of methoxy groups -OCH3 is 1. The standard InChI is InChI=1S/C17H26N4O3/c1-11(8-15(22)14-9-20-16(24-3)10-19-14)13-4-6-21(7-5-13)17(23)12(2)18/h9-13H,4-8,18H2,1-3H3/t11?,12-/m0/s1. The number of likely N-dealkylation sites (tertiary alicyclic amines) is 1. The van der Waals surface area contributed by atoms with Gasteiger partial charge < -0.3 is 15.4 Å². The Bertz CT molecular complexity index is 566. The lowest BCUT2D eigenvalue weighted by Crippen LogP contribution is -2.46. The molecule has 1 aliphatic heterocycles. The molecule has 1 fully saturated rings. The fourth-order valence-corrected chi connectivity index (χ4v) is 3.11. The third-order valence-electron chi connectivity index (χ3n) is 4.68. The van der Waals surface area contributed by atoms with E-state index in [9.17, 15) is 9.59 Å². The zero-order chi connectivity index (χ0) is 17.7. The molecule has 0 radical (unpaired) electrons. The number of carbonyl (C=O) groups is 2. The van der Waals surface area contributed by atoms with E-state index in [2.05, 4.69) is 16.9 Å². The number of amides is 1. The summed E-state index contributed by atoms with van der Waals surface area (Å²) in [5.74, 6) is 1.06. The average Bonchev–Trinajstić information content (AvgIpc) is 2.61. The molecule has 1 saturated heterocycles. The third-order valence-corrected chi connectivity index (χ3v) is 4.68. The van der Waals surface area contributed by atoms with E-state index in [-0.39, 0.29) is 17.6 Å². The van der Waals surface area contributed by atoms with Gasteiger partial charge in [0.15, 0.2) is 5.78 Å². The summed E-state index contributed by atoms with van der Waals surface area (Å²) >= 11 is 0. The molecular weight excluding hydrogens is 308 g/mol. The van der Waals surface area contributed by atoms with E-state index in [0.29, 0.717) is 37.0 Å². The zero-order valence-electron chi connectivity index (χ0n) is 14.6. The summed E-state index contributed by atoms with van der Waals surface area (Å²) in [7, 11) is 1.51. The number of nitrogens with two attached hydrogens (primary N) is 1.